The number of halogens is 1. The van der Waals surface area contributed by atoms with Crippen molar-refractivity contribution in [2.75, 3.05) is 5.32 Å². The van der Waals surface area contributed by atoms with E-state index in [9.17, 15) is 9.18 Å². The highest BCUT2D eigenvalue weighted by Crippen LogP contribution is 2.34. The number of anilines is 1. The van der Waals surface area contributed by atoms with Gasteiger partial charge in [-0.15, -0.1) is 0 Å². The summed E-state index contributed by atoms with van der Waals surface area (Å²) in [5.74, 6) is -0.804. The zero-order valence-electron chi connectivity index (χ0n) is 10.3. The molecule has 3 rings (SSSR count). The maximum atomic E-state index is 13.4. The van der Waals surface area contributed by atoms with Crippen LogP contribution in [0.4, 0.5) is 10.1 Å². The average Bonchev–Trinajstić information content (AvgIpc) is 3.01. The van der Waals surface area contributed by atoms with Crippen molar-refractivity contribution in [3.63, 3.8) is 0 Å². The molecule has 2 aliphatic rings. The third-order valence-corrected chi connectivity index (χ3v) is 4.02. The van der Waals surface area contributed by atoms with Gasteiger partial charge in [0.1, 0.15) is 17.4 Å². The van der Waals surface area contributed by atoms with Gasteiger partial charge in [-0.2, -0.15) is 5.26 Å². The lowest BCUT2D eigenvalue weighted by Gasteiger charge is -2.19. The Balaban J connectivity index is 1.77. The van der Waals surface area contributed by atoms with E-state index in [4.69, 9.17) is 5.26 Å². The first kappa shape index (κ1) is 12.1. The van der Waals surface area contributed by atoms with Crippen molar-refractivity contribution in [1.82, 2.24) is 5.32 Å². The van der Waals surface area contributed by atoms with E-state index < -0.39 is 5.82 Å². The largest absolute Gasteiger partial charge is 0.325 e. The Labute approximate surface area is 110 Å². The molecule has 2 fully saturated rings. The Kier molecular flexibility index (Phi) is 2.96. The first-order valence-corrected chi connectivity index (χ1v) is 6.44. The van der Waals surface area contributed by atoms with Gasteiger partial charge in [-0.05, 0) is 31.4 Å². The van der Waals surface area contributed by atoms with Gasteiger partial charge in [0.15, 0.2) is 0 Å². The van der Waals surface area contributed by atoms with Crippen molar-refractivity contribution in [2.45, 2.75) is 31.3 Å². The fraction of sp³-hybridized carbons (Fsp3) is 0.429. The number of fused-ring (bicyclic) bond motifs is 2. The van der Waals surface area contributed by atoms with E-state index in [0.717, 1.165) is 19.3 Å². The summed E-state index contributed by atoms with van der Waals surface area (Å²) in [6.45, 7) is 0. The van der Waals surface area contributed by atoms with Crippen LogP contribution in [0.3, 0.4) is 0 Å². The number of amides is 1. The van der Waals surface area contributed by atoms with Gasteiger partial charge < -0.3 is 10.6 Å². The summed E-state index contributed by atoms with van der Waals surface area (Å²) in [5.41, 5.74) is 0.155. The van der Waals surface area contributed by atoms with Gasteiger partial charge in [-0.25, -0.2) is 4.39 Å². The molecule has 2 N–H and O–H groups in total. The van der Waals surface area contributed by atoms with Crippen molar-refractivity contribution in [3.05, 3.63) is 29.6 Å². The summed E-state index contributed by atoms with van der Waals surface area (Å²) in [6, 6.07) is 6.71. The molecule has 2 aliphatic heterocycles. The standard InChI is InChI=1S/C14H14FN3O/c15-11-2-1-3-12(10(11)7-16)18-14(19)9-6-8-4-5-13(9)17-8/h1-3,8-9,13,17H,4-6H2,(H,18,19). The van der Waals surface area contributed by atoms with Crippen LogP contribution in [-0.2, 0) is 4.79 Å². The van der Waals surface area contributed by atoms with Crippen molar-refractivity contribution in [2.24, 2.45) is 5.92 Å². The minimum atomic E-state index is -0.605. The monoisotopic (exact) mass is 259 g/mol. The molecule has 3 unspecified atom stereocenters. The molecular weight excluding hydrogens is 245 g/mol. The second-order valence-electron chi connectivity index (χ2n) is 5.15. The van der Waals surface area contributed by atoms with Crippen molar-refractivity contribution < 1.29 is 9.18 Å². The molecule has 0 spiro atoms. The lowest BCUT2D eigenvalue weighted by atomic mass is 9.88. The number of hydrogen-bond donors (Lipinski definition) is 2. The van der Waals surface area contributed by atoms with E-state index in [1.54, 1.807) is 12.1 Å². The van der Waals surface area contributed by atoms with Crippen LogP contribution in [0.1, 0.15) is 24.8 Å². The number of benzene rings is 1. The molecule has 0 saturated carbocycles. The van der Waals surface area contributed by atoms with E-state index in [1.165, 1.54) is 12.1 Å². The molecule has 2 bridgehead atoms. The van der Waals surface area contributed by atoms with Crippen LogP contribution < -0.4 is 10.6 Å². The predicted molar refractivity (Wildman–Crippen MR) is 67.8 cm³/mol. The second-order valence-corrected chi connectivity index (χ2v) is 5.15. The third kappa shape index (κ3) is 2.08. The summed E-state index contributed by atoms with van der Waals surface area (Å²) in [4.78, 5) is 12.2. The fourth-order valence-electron chi connectivity index (χ4n) is 3.08. The van der Waals surface area contributed by atoms with E-state index in [2.05, 4.69) is 10.6 Å². The molecule has 1 aromatic rings. The molecule has 5 heteroatoms. The first-order chi connectivity index (χ1) is 9.19. The molecule has 2 heterocycles. The van der Waals surface area contributed by atoms with Crippen molar-refractivity contribution in [1.29, 1.82) is 5.26 Å². The summed E-state index contributed by atoms with van der Waals surface area (Å²) in [5, 5.41) is 15.0. The van der Waals surface area contributed by atoms with Gasteiger partial charge in [0.05, 0.1) is 11.6 Å². The smallest absolute Gasteiger partial charge is 0.229 e. The van der Waals surface area contributed by atoms with Crippen LogP contribution >= 0.6 is 0 Å². The highest BCUT2D eigenvalue weighted by atomic mass is 19.1. The molecule has 4 nitrogen and oxygen atoms in total. The lowest BCUT2D eigenvalue weighted by molar-refractivity contribution is -0.120. The van der Waals surface area contributed by atoms with Crippen LogP contribution in [0.25, 0.3) is 0 Å². The van der Waals surface area contributed by atoms with Gasteiger partial charge in [-0.1, -0.05) is 6.07 Å². The number of carbonyl (C=O) groups excluding carboxylic acids is 1. The minimum Gasteiger partial charge on any atom is -0.325 e. The van der Waals surface area contributed by atoms with Crippen molar-refractivity contribution in [3.8, 4) is 6.07 Å². The number of rotatable bonds is 2. The highest BCUT2D eigenvalue weighted by molar-refractivity contribution is 5.94. The molecule has 19 heavy (non-hydrogen) atoms. The minimum absolute atomic E-state index is 0.0754. The molecule has 1 aromatic carbocycles. The number of hydrogen-bond acceptors (Lipinski definition) is 3. The van der Waals surface area contributed by atoms with Gasteiger partial charge in [0, 0.05) is 12.1 Å². The normalized spacial score (nSPS) is 28.1. The molecule has 2 saturated heterocycles. The van der Waals surface area contributed by atoms with E-state index in [-0.39, 0.29) is 29.1 Å². The number of nitrogens with zero attached hydrogens (tertiary/aromatic N) is 1. The van der Waals surface area contributed by atoms with Gasteiger partial charge in [0.2, 0.25) is 5.91 Å². The Hall–Kier alpha value is -1.93. The van der Waals surface area contributed by atoms with Crippen LogP contribution in [0, 0.1) is 23.1 Å². The second kappa shape index (κ2) is 4.63. The Morgan fingerprint density at radius 3 is 2.95 bits per heavy atom. The first-order valence-electron chi connectivity index (χ1n) is 6.44. The zero-order valence-corrected chi connectivity index (χ0v) is 10.3. The van der Waals surface area contributed by atoms with Gasteiger partial charge >= 0.3 is 0 Å². The Morgan fingerprint density at radius 2 is 2.32 bits per heavy atom. The summed E-state index contributed by atoms with van der Waals surface area (Å²) in [6.07, 6.45) is 2.96. The molecule has 3 atom stereocenters. The molecule has 0 aliphatic carbocycles. The van der Waals surface area contributed by atoms with Crippen LogP contribution in [0.5, 0.6) is 0 Å². The Bertz CT molecular complexity index is 566. The molecule has 0 radical (unpaired) electrons. The Morgan fingerprint density at radius 1 is 1.47 bits per heavy atom. The molecular formula is C14H14FN3O. The third-order valence-electron chi connectivity index (χ3n) is 4.02. The van der Waals surface area contributed by atoms with Crippen LogP contribution in [0.15, 0.2) is 18.2 Å². The van der Waals surface area contributed by atoms with E-state index in [0.29, 0.717) is 6.04 Å². The topological polar surface area (TPSA) is 64.9 Å². The van der Waals surface area contributed by atoms with Crippen LogP contribution in [0.2, 0.25) is 0 Å². The predicted octanol–water partition coefficient (Wildman–Crippen LogP) is 1.78. The van der Waals surface area contributed by atoms with Crippen molar-refractivity contribution >= 4 is 11.6 Å². The van der Waals surface area contributed by atoms with E-state index >= 15 is 0 Å². The molecule has 0 aromatic heterocycles. The molecule has 98 valence electrons. The maximum absolute atomic E-state index is 13.4. The summed E-state index contributed by atoms with van der Waals surface area (Å²) in [7, 11) is 0. The lowest BCUT2D eigenvalue weighted by Crippen LogP contribution is -2.33. The SMILES string of the molecule is N#Cc1c(F)cccc1NC(=O)C1CC2CCC1N2. The average molecular weight is 259 g/mol. The zero-order chi connectivity index (χ0) is 13.4. The summed E-state index contributed by atoms with van der Waals surface area (Å²) >= 11 is 0. The van der Waals surface area contributed by atoms with Gasteiger partial charge in [-0.3, -0.25) is 4.79 Å². The fourth-order valence-corrected chi connectivity index (χ4v) is 3.08. The quantitative estimate of drug-likeness (QED) is 0.850. The number of carbonyl (C=O) groups is 1. The number of nitrogens with one attached hydrogen (secondary N) is 2. The maximum Gasteiger partial charge on any atom is 0.229 e. The highest BCUT2D eigenvalue weighted by Gasteiger charge is 2.42. The number of nitriles is 1. The van der Waals surface area contributed by atoms with Gasteiger partial charge in [0.25, 0.3) is 0 Å². The van der Waals surface area contributed by atoms with E-state index in [1.807, 2.05) is 0 Å². The van der Waals surface area contributed by atoms with Crippen LogP contribution in [-0.4, -0.2) is 18.0 Å². The molecule has 1 amide bonds. The summed E-state index contributed by atoms with van der Waals surface area (Å²) < 4.78 is 13.4.